The number of nitrogens with zero attached hydrogens (tertiary/aromatic N) is 1. The molecule has 2 saturated carbocycles. The van der Waals surface area contributed by atoms with Crippen LogP contribution in [-0.4, -0.2) is 37.9 Å². The van der Waals surface area contributed by atoms with Crippen LogP contribution in [0.1, 0.15) is 61.7 Å². The summed E-state index contributed by atoms with van der Waals surface area (Å²) in [7, 11) is -3.53. The van der Waals surface area contributed by atoms with E-state index >= 15 is 0 Å². The fourth-order valence-corrected chi connectivity index (χ4v) is 5.68. The molecule has 5 nitrogen and oxygen atoms in total. The van der Waals surface area contributed by atoms with E-state index in [-0.39, 0.29) is 16.8 Å². The van der Waals surface area contributed by atoms with Gasteiger partial charge in [0.25, 0.3) is 5.91 Å². The first-order chi connectivity index (χ1) is 12.0. The number of nitrogens with one attached hydrogen (secondary N) is 1. The second-order valence-electron chi connectivity index (χ2n) is 7.68. The maximum atomic E-state index is 13.1. The summed E-state index contributed by atoms with van der Waals surface area (Å²) in [5, 5.41) is 0. The number of hydrogen-bond donors (Lipinski definition) is 1. The zero-order valence-electron chi connectivity index (χ0n) is 14.5. The van der Waals surface area contributed by atoms with Crippen molar-refractivity contribution in [3.63, 3.8) is 0 Å². The lowest BCUT2D eigenvalue weighted by Gasteiger charge is -2.44. The number of benzene rings is 1. The van der Waals surface area contributed by atoms with Gasteiger partial charge in [0, 0.05) is 24.2 Å². The number of carbonyl (C=O) groups is 1. The van der Waals surface area contributed by atoms with Crippen molar-refractivity contribution in [3.8, 4) is 0 Å². The van der Waals surface area contributed by atoms with Gasteiger partial charge in [-0.05, 0) is 62.6 Å². The van der Waals surface area contributed by atoms with Gasteiger partial charge in [0.2, 0.25) is 10.0 Å². The van der Waals surface area contributed by atoms with Crippen molar-refractivity contribution in [1.29, 1.82) is 0 Å². The van der Waals surface area contributed by atoms with Gasteiger partial charge in [-0.15, -0.1) is 0 Å². The number of rotatable bonds is 4. The van der Waals surface area contributed by atoms with Gasteiger partial charge in [-0.3, -0.25) is 4.79 Å². The van der Waals surface area contributed by atoms with E-state index in [1.165, 1.54) is 25.7 Å². The SMILES string of the molecule is O=C(c1cccc(S(=O)(=O)NC2CC2)c1)N1CCCC2CCCCC21. The fourth-order valence-electron chi connectivity index (χ4n) is 4.33. The summed E-state index contributed by atoms with van der Waals surface area (Å²) in [6.45, 7) is 0.789. The number of fused-ring (bicyclic) bond motifs is 1. The van der Waals surface area contributed by atoms with E-state index in [0.29, 0.717) is 17.5 Å². The number of sulfonamides is 1. The quantitative estimate of drug-likeness (QED) is 0.895. The molecule has 0 bridgehead atoms. The van der Waals surface area contributed by atoms with Gasteiger partial charge < -0.3 is 4.90 Å². The maximum Gasteiger partial charge on any atom is 0.254 e. The molecule has 4 rings (SSSR count). The molecule has 1 aromatic carbocycles. The average molecular weight is 362 g/mol. The third-order valence-electron chi connectivity index (χ3n) is 5.79. The molecule has 3 aliphatic rings. The molecule has 2 atom stereocenters. The highest BCUT2D eigenvalue weighted by molar-refractivity contribution is 7.89. The van der Waals surface area contributed by atoms with Crippen LogP contribution in [0.3, 0.4) is 0 Å². The van der Waals surface area contributed by atoms with Crippen molar-refractivity contribution >= 4 is 15.9 Å². The number of amides is 1. The minimum Gasteiger partial charge on any atom is -0.335 e. The van der Waals surface area contributed by atoms with Gasteiger partial charge in [0.15, 0.2) is 0 Å². The van der Waals surface area contributed by atoms with Crippen LogP contribution in [0.15, 0.2) is 29.2 Å². The highest BCUT2D eigenvalue weighted by atomic mass is 32.2. The van der Waals surface area contributed by atoms with Crippen LogP contribution in [0.4, 0.5) is 0 Å². The summed E-state index contributed by atoms with van der Waals surface area (Å²) in [6, 6.07) is 6.93. The van der Waals surface area contributed by atoms with Crippen LogP contribution in [0.25, 0.3) is 0 Å². The Morgan fingerprint density at radius 1 is 1.04 bits per heavy atom. The highest BCUT2D eigenvalue weighted by Crippen LogP contribution is 2.36. The summed E-state index contributed by atoms with van der Waals surface area (Å²) in [5.41, 5.74) is 0.491. The van der Waals surface area contributed by atoms with Gasteiger partial charge in [0.05, 0.1) is 4.90 Å². The predicted molar refractivity (Wildman–Crippen MR) is 95.8 cm³/mol. The first-order valence-corrected chi connectivity index (χ1v) is 11.0. The molecule has 0 aromatic heterocycles. The van der Waals surface area contributed by atoms with Gasteiger partial charge >= 0.3 is 0 Å². The maximum absolute atomic E-state index is 13.1. The zero-order chi connectivity index (χ0) is 17.4. The lowest BCUT2D eigenvalue weighted by Crippen LogP contribution is -2.49. The molecule has 1 amide bonds. The van der Waals surface area contributed by atoms with Crippen LogP contribution in [0.5, 0.6) is 0 Å². The van der Waals surface area contributed by atoms with E-state index < -0.39 is 10.0 Å². The Labute approximate surface area is 149 Å². The molecule has 136 valence electrons. The van der Waals surface area contributed by atoms with Crippen LogP contribution in [0.2, 0.25) is 0 Å². The molecule has 2 aliphatic carbocycles. The molecule has 2 unspecified atom stereocenters. The molecule has 1 aliphatic heterocycles. The van der Waals surface area contributed by atoms with Crippen LogP contribution in [-0.2, 0) is 10.0 Å². The van der Waals surface area contributed by atoms with Crippen LogP contribution >= 0.6 is 0 Å². The molecule has 1 N–H and O–H groups in total. The highest BCUT2D eigenvalue weighted by Gasteiger charge is 2.36. The Morgan fingerprint density at radius 3 is 2.60 bits per heavy atom. The fraction of sp³-hybridized carbons (Fsp3) is 0.632. The summed E-state index contributed by atoms with van der Waals surface area (Å²) in [6.07, 6.45) is 8.81. The third-order valence-corrected chi connectivity index (χ3v) is 7.31. The van der Waals surface area contributed by atoms with Crippen molar-refractivity contribution < 1.29 is 13.2 Å². The largest absolute Gasteiger partial charge is 0.335 e. The summed E-state index contributed by atoms with van der Waals surface area (Å²) in [4.78, 5) is 15.3. The monoisotopic (exact) mass is 362 g/mol. The number of likely N-dealkylation sites (tertiary alicyclic amines) is 1. The average Bonchev–Trinajstić information content (AvgIpc) is 3.44. The molecular formula is C19H26N2O3S. The second kappa shape index (κ2) is 6.72. The van der Waals surface area contributed by atoms with Gasteiger partial charge in [-0.2, -0.15) is 0 Å². The predicted octanol–water partition coefficient (Wildman–Crippen LogP) is 2.92. The first-order valence-electron chi connectivity index (χ1n) is 9.48. The topological polar surface area (TPSA) is 66.5 Å². The Morgan fingerprint density at radius 2 is 1.80 bits per heavy atom. The van der Waals surface area contributed by atoms with E-state index in [2.05, 4.69) is 4.72 Å². The van der Waals surface area contributed by atoms with Crippen LogP contribution in [0, 0.1) is 5.92 Å². The lowest BCUT2D eigenvalue weighted by atomic mass is 9.78. The van der Waals surface area contributed by atoms with Gasteiger partial charge in [-0.25, -0.2) is 13.1 Å². The van der Waals surface area contributed by atoms with Gasteiger partial charge in [0.1, 0.15) is 0 Å². The zero-order valence-corrected chi connectivity index (χ0v) is 15.3. The minimum absolute atomic E-state index is 0.0138. The van der Waals surface area contributed by atoms with Crippen molar-refractivity contribution in [2.45, 2.75) is 68.3 Å². The molecule has 6 heteroatoms. The van der Waals surface area contributed by atoms with Crippen molar-refractivity contribution in [3.05, 3.63) is 29.8 Å². The molecule has 0 spiro atoms. The molecule has 1 heterocycles. The van der Waals surface area contributed by atoms with E-state index in [9.17, 15) is 13.2 Å². The van der Waals surface area contributed by atoms with Crippen molar-refractivity contribution in [2.24, 2.45) is 5.92 Å². The van der Waals surface area contributed by atoms with Crippen molar-refractivity contribution in [1.82, 2.24) is 9.62 Å². The molecular weight excluding hydrogens is 336 g/mol. The smallest absolute Gasteiger partial charge is 0.254 e. The lowest BCUT2D eigenvalue weighted by molar-refractivity contribution is 0.0390. The number of piperidine rings is 1. The van der Waals surface area contributed by atoms with Crippen molar-refractivity contribution in [2.75, 3.05) is 6.54 Å². The minimum atomic E-state index is -3.53. The number of hydrogen-bond acceptors (Lipinski definition) is 3. The van der Waals surface area contributed by atoms with E-state index in [4.69, 9.17) is 0 Å². The Balaban J connectivity index is 1.56. The Hall–Kier alpha value is -1.40. The van der Waals surface area contributed by atoms with E-state index in [1.807, 2.05) is 4.90 Å². The van der Waals surface area contributed by atoms with E-state index in [1.54, 1.807) is 24.3 Å². The summed E-state index contributed by atoms with van der Waals surface area (Å²) in [5.74, 6) is 0.606. The standard InChI is InChI=1S/C19H26N2O3S/c22-19(21-12-4-7-14-5-1-2-9-18(14)21)15-6-3-8-17(13-15)25(23,24)20-16-10-11-16/h3,6,8,13-14,16,18,20H,1-2,4-5,7,9-12H2. The Bertz CT molecular complexity index is 756. The normalized spacial score (nSPS) is 27.0. The van der Waals surface area contributed by atoms with E-state index in [0.717, 1.165) is 32.2 Å². The summed E-state index contributed by atoms with van der Waals surface area (Å²) >= 11 is 0. The second-order valence-corrected chi connectivity index (χ2v) is 9.39. The Kier molecular flexibility index (Phi) is 4.58. The van der Waals surface area contributed by atoms with Gasteiger partial charge in [-0.1, -0.05) is 18.9 Å². The third kappa shape index (κ3) is 3.60. The molecule has 0 radical (unpaired) electrons. The number of carbonyl (C=O) groups excluding carboxylic acids is 1. The summed E-state index contributed by atoms with van der Waals surface area (Å²) < 4.78 is 27.5. The first kappa shape index (κ1) is 17.0. The molecule has 1 aromatic rings. The molecule has 1 saturated heterocycles. The van der Waals surface area contributed by atoms with Crippen LogP contribution < -0.4 is 4.72 Å². The molecule has 3 fully saturated rings. The molecule has 25 heavy (non-hydrogen) atoms.